The highest BCUT2D eigenvalue weighted by Gasteiger charge is 2.33. The van der Waals surface area contributed by atoms with Crippen LogP contribution in [0.1, 0.15) is 48.6 Å². The van der Waals surface area contributed by atoms with E-state index in [9.17, 15) is 0 Å². The van der Waals surface area contributed by atoms with Gasteiger partial charge in [-0.25, -0.2) is 0 Å². The zero-order chi connectivity index (χ0) is 30.1. The van der Waals surface area contributed by atoms with E-state index >= 15 is 0 Å². The second-order valence-corrected chi connectivity index (χ2v) is 12.7. The van der Waals surface area contributed by atoms with Crippen LogP contribution in [-0.4, -0.2) is 58.0 Å². The van der Waals surface area contributed by atoms with E-state index < -0.39 is 5.41 Å². The Labute approximate surface area is 259 Å². The molecule has 0 saturated carbocycles. The number of rotatable bonds is 14. The van der Waals surface area contributed by atoms with Gasteiger partial charge in [0.1, 0.15) is 55.4 Å². The molecule has 0 N–H and O–H groups in total. The van der Waals surface area contributed by atoms with Crippen LogP contribution in [0, 0.1) is 0 Å². The molecule has 228 valence electrons. The molecule has 6 heteroatoms. The first-order valence-electron chi connectivity index (χ1n) is 15.5. The van der Waals surface area contributed by atoms with E-state index in [-0.39, 0.29) is 23.7 Å². The van der Waals surface area contributed by atoms with Crippen molar-refractivity contribution in [3.8, 4) is 17.2 Å². The molecule has 7 rings (SSSR count). The fraction of sp³-hybridized carbons (Fsp3) is 0.368. The predicted molar refractivity (Wildman–Crippen MR) is 169 cm³/mol. The predicted octanol–water partition coefficient (Wildman–Crippen LogP) is 6.70. The van der Waals surface area contributed by atoms with Gasteiger partial charge < -0.3 is 28.4 Å². The quantitative estimate of drug-likeness (QED) is 0.120. The zero-order valence-corrected chi connectivity index (χ0v) is 25.7. The number of hydrogen-bond acceptors (Lipinski definition) is 6. The maximum absolute atomic E-state index is 5.94. The van der Waals surface area contributed by atoms with Gasteiger partial charge in [0.15, 0.2) is 0 Å². The Morgan fingerprint density at radius 3 is 1.00 bits per heavy atom. The van der Waals surface area contributed by atoms with Crippen molar-refractivity contribution < 1.29 is 28.4 Å². The molecule has 0 bridgehead atoms. The molecule has 4 aromatic carbocycles. The van der Waals surface area contributed by atoms with Crippen molar-refractivity contribution >= 4 is 0 Å². The largest absolute Gasteiger partial charge is 0.491 e. The molecule has 6 nitrogen and oxygen atoms in total. The van der Waals surface area contributed by atoms with Gasteiger partial charge in [-0.05, 0) is 71.1 Å². The highest BCUT2D eigenvalue weighted by atomic mass is 16.6. The standard InChI is InChI=1S/C38H40O6/c1-37(2,27-8-14-31(15-9-27)39-20-34-23-42-34)26-4-6-28(7-5-26)38(3,29-10-16-32(17-11-29)40-21-35-24-43-35)30-12-18-33(19-13-30)41-22-36-25-44-36/h4-19,34-36H,20-25H2,1-3H3/t34?,35-,36?,38?/m0/s1. The monoisotopic (exact) mass is 592 g/mol. The Kier molecular flexibility index (Phi) is 7.83. The lowest BCUT2D eigenvalue weighted by Gasteiger charge is -2.33. The van der Waals surface area contributed by atoms with Crippen LogP contribution >= 0.6 is 0 Å². The van der Waals surface area contributed by atoms with Crippen LogP contribution in [0.2, 0.25) is 0 Å². The fourth-order valence-electron chi connectivity index (χ4n) is 5.68. The van der Waals surface area contributed by atoms with E-state index in [1.54, 1.807) is 0 Å². The Bertz CT molecular complexity index is 1470. The molecule has 44 heavy (non-hydrogen) atoms. The number of benzene rings is 4. The van der Waals surface area contributed by atoms with Crippen LogP contribution in [0.4, 0.5) is 0 Å². The van der Waals surface area contributed by atoms with E-state index in [4.69, 9.17) is 28.4 Å². The Hall–Kier alpha value is -3.84. The molecule has 0 aromatic heterocycles. The summed E-state index contributed by atoms with van der Waals surface area (Å²) in [7, 11) is 0. The van der Waals surface area contributed by atoms with Gasteiger partial charge in [-0.1, -0.05) is 74.5 Å². The molecule has 0 spiro atoms. The SMILES string of the molecule is CC(C)(c1ccc(OCC2CO2)cc1)c1ccc(C(C)(c2ccc(OCC3CO3)cc2)c2ccc(OC[C@H]3CO3)cc2)cc1. The van der Waals surface area contributed by atoms with Crippen LogP contribution in [-0.2, 0) is 25.0 Å². The molecule has 3 aliphatic rings. The Morgan fingerprint density at radius 2 is 0.705 bits per heavy atom. The van der Waals surface area contributed by atoms with E-state index in [1.807, 2.05) is 0 Å². The number of hydrogen-bond donors (Lipinski definition) is 0. The molecule has 0 amide bonds. The van der Waals surface area contributed by atoms with Crippen molar-refractivity contribution in [3.05, 3.63) is 125 Å². The van der Waals surface area contributed by atoms with Crippen molar-refractivity contribution in [3.63, 3.8) is 0 Å². The topological polar surface area (TPSA) is 65.3 Å². The average molecular weight is 593 g/mol. The summed E-state index contributed by atoms with van der Waals surface area (Å²) in [5.74, 6) is 2.58. The maximum atomic E-state index is 5.94. The molecule has 0 aliphatic carbocycles. The molecule has 4 atom stereocenters. The van der Waals surface area contributed by atoms with Crippen LogP contribution in [0.5, 0.6) is 17.2 Å². The van der Waals surface area contributed by atoms with E-state index in [2.05, 4.69) is 118 Å². The average Bonchev–Trinajstić information content (AvgIpc) is 3.91. The Morgan fingerprint density at radius 1 is 0.455 bits per heavy atom. The summed E-state index contributed by atoms with van der Waals surface area (Å²) in [4.78, 5) is 0. The van der Waals surface area contributed by atoms with Gasteiger partial charge in [0.25, 0.3) is 0 Å². The molecule has 3 fully saturated rings. The molecular weight excluding hydrogens is 552 g/mol. The zero-order valence-electron chi connectivity index (χ0n) is 25.7. The molecule has 3 saturated heterocycles. The van der Waals surface area contributed by atoms with Gasteiger partial charge in [0, 0.05) is 10.8 Å². The summed E-state index contributed by atoms with van der Waals surface area (Å²) in [5, 5.41) is 0. The third-order valence-corrected chi connectivity index (χ3v) is 9.14. The van der Waals surface area contributed by atoms with Crippen molar-refractivity contribution in [1.82, 2.24) is 0 Å². The third kappa shape index (κ3) is 6.48. The summed E-state index contributed by atoms with van der Waals surface area (Å²) in [6.07, 6.45) is 0.699. The van der Waals surface area contributed by atoms with Crippen LogP contribution < -0.4 is 14.2 Å². The van der Waals surface area contributed by atoms with Crippen LogP contribution in [0.3, 0.4) is 0 Å². The van der Waals surface area contributed by atoms with E-state index in [0.29, 0.717) is 19.8 Å². The molecular formula is C38H40O6. The van der Waals surface area contributed by atoms with Gasteiger partial charge in [-0.3, -0.25) is 0 Å². The maximum Gasteiger partial charge on any atom is 0.119 e. The van der Waals surface area contributed by atoms with Gasteiger partial charge in [-0.2, -0.15) is 0 Å². The summed E-state index contributed by atoms with van der Waals surface area (Å²) >= 11 is 0. The normalized spacial score (nSPS) is 21.7. The fourth-order valence-corrected chi connectivity index (χ4v) is 5.68. The van der Waals surface area contributed by atoms with Gasteiger partial charge in [0.05, 0.1) is 19.8 Å². The molecule has 3 unspecified atom stereocenters. The van der Waals surface area contributed by atoms with E-state index in [1.165, 1.54) is 27.8 Å². The second-order valence-electron chi connectivity index (χ2n) is 12.7. The van der Waals surface area contributed by atoms with Crippen molar-refractivity contribution in [2.24, 2.45) is 0 Å². The minimum atomic E-state index is -0.400. The molecule has 3 heterocycles. The first-order valence-corrected chi connectivity index (χ1v) is 15.5. The first-order chi connectivity index (χ1) is 21.4. The lowest BCUT2D eigenvalue weighted by atomic mass is 9.70. The highest BCUT2D eigenvalue weighted by molar-refractivity contribution is 5.52. The Balaban J connectivity index is 1.15. The van der Waals surface area contributed by atoms with Crippen molar-refractivity contribution in [1.29, 1.82) is 0 Å². The van der Waals surface area contributed by atoms with Gasteiger partial charge in [-0.15, -0.1) is 0 Å². The minimum absolute atomic E-state index is 0.179. The molecule has 4 aromatic rings. The number of ether oxygens (including phenoxy) is 6. The lowest BCUT2D eigenvalue weighted by molar-refractivity contribution is 0.263. The van der Waals surface area contributed by atoms with Crippen LogP contribution in [0.15, 0.2) is 97.1 Å². The third-order valence-electron chi connectivity index (χ3n) is 9.14. The van der Waals surface area contributed by atoms with Crippen molar-refractivity contribution in [2.45, 2.75) is 49.9 Å². The summed E-state index contributed by atoms with van der Waals surface area (Å²) in [6, 6.07) is 34.5. The molecule has 0 radical (unpaired) electrons. The first kappa shape index (κ1) is 28.9. The highest BCUT2D eigenvalue weighted by Crippen LogP contribution is 2.41. The second kappa shape index (κ2) is 11.9. The minimum Gasteiger partial charge on any atom is -0.491 e. The molecule has 3 aliphatic heterocycles. The number of epoxide rings is 3. The summed E-state index contributed by atoms with van der Waals surface area (Å²) in [5.41, 5.74) is 5.50. The summed E-state index contributed by atoms with van der Waals surface area (Å²) < 4.78 is 33.6. The lowest BCUT2D eigenvalue weighted by Crippen LogP contribution is -2.26. The van der Waals surface area contributed by atoms with Gasteiger partial charge >= 0.3 is 0 Å². The van der Waals surface area contributed by atoms with E-state index in [0.717, 1.165) is 37.1 Å². The van der Waals surface area contributed by atoms with Crippen molar-refractivity contribution in [2.75, 3.05) is 39.6 Å². The van der Waals surface area contributed by atoms with Gasteiger partial charge in [0.2, 0.25) is 0 Å². The summed E-state index contributed by atoms with van der Waals surface area (Å²) in [6.45, 7) is 11.0. The van der Waals surface area contributed by atoms with Crippen LogP contribution in [0.25, 0.3) is 0 Å². The smallest absolute Gasteiger partial charge is 0.119 e.